The zero-order chi connectivity index (χ0) is 24.4. The minimum absolute atomic E-state index is 0.427. The van der Waals surface area contributed by atoms with Gasteiger partial charge in [-0.2, -0.15) is 10.5 Å². The van der Waals surface area contributed by atoms with Crippen molar-refractivity contribution in [3.63, 3.8) is 0 Å². The SMILES string of the molecule is Cc1c(Nc2c(C#N)cncc2-c2cnc(CN3CCN(C)CC3)c(C#N)c2)ccc2[nH]ccc12. The molecule has 174 valence electrons. The summed E-state index contributed by atoms with van der Waals surface area (Å²) < 4.78 is 0. The second-order valence-corrected chi connectivity index (χ2v) is 8.93. The third-order valence-electron chi connectivity index (χ3n) is 6.70. The maximum atomic E-state index is 9.88. The van der Waals surface area contributed by atoms with Crippen LogP contribution >= 0.6 is 0 Å². The monoisotopic (exact) mass is 462 g/mol. The molecule has 1 saturated heterocycles. The van der Waals surface area contributed by atoms with Gasteiger partial charge in [-0.15, -0.1) is 0 Å². The van der Waals surface area contributed by atoms with Crippen LogP contribution in [0.25, 0.3) is 22.0 Å². The van der Waals surface area contributed by atoms with Crippen molar-refractivity contribution in [2.75, 3.05) is 38.5 Å². The summed E-state index contributed by atoms with van der Waals surface area (Å²) in [4.78, 5) is 16.8. The van der Waals surface area contributed by atoms with Crippen LogP contribution in [0.15, 0.2) is 49.1 Å². The van der Waals surface area contributed by atoms with E-state index >= 15 is 0 Å². The van der Waals surface area contributed by atoms with Crippen LogP contribution in [0.1, 0.15) is 22.4 Å². The van der Waals surface area contributed by atoms with Crippen LogP contribution in [0.5, 0.6) is 0 Å². The number of pyridine rings is 2. The average molecular weight is 463 g/mol. The lowest BCUT2D eigenvalue weighted by molar-refractivity contribution is 0.147. The minimum atomic E-state index is 0.427. The number of piperazine rings is 1. The van der Waals surface area contributed by atoms with Gasteiger partial charge in [-0.1, -0.05) is 0 Å². The van der Waals surface area contributed by atoms with Crippen molar-refractivity contribution in [3.8, 4) is 23.3 Å². The molecule has 0 bridgehead atoms. The van der Waals surface area contributed by atoms with Crippen LogP contribution in [-0.4, -0.2) is 58.0 Å². The van der Waals surface area contributed by atoms with E-state index in [-0.39, 0.29) is 0 Å². The second-order valence-electron chi connectivity index (χ2n) is 8.93. The second kappa shape index (κ2) is 9.55. The first-order valence-corrected chi connectivity index (χ1v) is 11.6. The van der Waals surface area contributed by atoms with Gasteiger partial charge in [0.1, 0.15) is 12.1 Å². The topological polar surface area (TPSA) is 108 Å². The number of likely N-dealkylation sites (N-methyl/N-ethyl adjacent to an activating group) is 1. The summed E-state index contributed by atoms with van der Waals surface area (Å²) >= 11 is 0. The predicted octanol–water partition coefficient (Wildman–Crippen LogP) is 4.17. The van der Waals surface area contributed by atoms with Gasteiger partial charge >= 0.3 is 0 Å². The number of hydrogen-bond donors (Lipinski definition) is 2. The molecule has 0 spiro atoms. The zero-order valence-corrected chi connectivity index (χ0v) is 19.8. The number of aromatic nitrogens is 3. The van der Waals surface area contributed by atoms with Crippen LogP contribution < -0.4 is 5.32 Å². The number of anilines is 2. The third kappa shape index (κ3) is 4.45. The molecular formula is C27H26N8. The summed E-state index contributed by atoms with van der Waals surface area (Å²) in [6.45, 7) is 6.63. The van der Waals surface area contributed by atoms with Gasteiger partial charge in [-0.05, 0) is 43.8 Å². The number of hydrogen-bond acceptors (Lipinski definition) is 7. The first-order valence-electron chi connectivity index (χ1n) is 11.6. The Hall–Kier alpha value is -4.24. The Morgan fingerprint density at radius 3 is 2.60 bits per heavy atom. The molecule has 0 atom stereocenters. The molecule has 4 aromatic rings. The van der Waals surface area contributed by atoms with E-state index in [1.807, 2.05) is 37.4 Å². The minimum Gasteiger partial charge on any atom is -0.361 e. The molecule has 0 saturated carbocycles. The lowest BCUT2D eigenvalue weighted by atomic mass is 10.0. The number of aromatic amines is 1. The van der Waals surface area contributed by atoms with Crippen LogP contribution in [0.3, 0.4) is 0 Å². The van der Waals surface area contributed by atoms with E-state index in [2.05, 4.69) is 49.3 Å². The van der Waals surface area contributed by atoms with Crippen molar-refractivity contribution in [2.45, 2.75) is 13.5 Å². The Morgan fingerprint density at radius 1 is 1.03 bits per heavy atom. The van der Waals surface area contributed by atoms with Gasteiger partial charge in [0.15, 0.2) is 0 Å². The Morgan fingerprint density at radius 2 is 1.83 bits per heavy atom. The molecule has 0 amide bonds. The first-order chi connectivity index (χ1) is 17.1. The van der Waals surface area contributed by atoms with Crippen molar-refractivity contribution in [3.05, 3.63) is 71.4 Å². The van der Waals surface area contributed by atoms with Crippen molar-refractivity contribution in [1.29, 1.82) is 10.5 Å². The summed E-state index contributed by atoms with van der Waals surface area (Å²) in [5.41, 5.74) is 6.91. The number of aryl methyl sites for hydroxylation is 1. The molecular weight excluding hydrogens is 436 g/mol. The normalized spacial score (nSPS) is 14.5. The lowest BCUT2D eigenvalue weighted by Gasteiger charge is -2.32. The smallest absolute Gasteiger partial charge is 0.103 e. The molecule has 3 aromatic heterocycles. The summed E-state index contributed by atoms with van der Waals surface area (Å²) in [6.07, 6.45) is 6.96. The number of fused-ring (bicyclic) bond motifs is 1. The highest BCUT2D eigenvalue weighted by atomic mass is 15.2. The van der Waals surface area contributed by atoms with Gasteiger partial charge in [-0.25, -0.2) is 0 Å². The maximum absolute atomic E-state index is 9.88. The first kappa shape index (κ1) is 22.5. The standard InChI is InChI=1S/C27H26N8/c1-18-22-5-6-31-25(22)4-3-24(18)33-27-21(13-29)14-30-16-23(27)20-11-19(12-28)26(32-15-20)17-35-9-7-34(2)8-10-35/h3-6,11,14-16,31H,7-10,17H2,1-2H3,(H,30,33). The van der Waals surface area contributed by atoms with Gasteiger partial charge in [0.25, 0.3) is 0 Å². The number of rotatable bonds is 5. The number of nitrogens with one attached hydrogen (secondary N) is 2. The van der Waals surface area contributed by atoms with Crippen molar-refractivity contribution < 1.29 is 0 Å². The van der Waals surface area contributed by atoms with Gasteiger partial charge in [0.05, 0.1) is 22.5 Å². The van der Waals surface area contributed by atoms with E-state index in [0.29, 0.717) is 23.4 Å². The molecule has 4 heterocycles. The highest BCUT2D eigenvalue weighted by Gasteiger charge is 2.19. The number of benzene rings is 1. The van der Waals surface area contributed by atoms with Crippen molar-refractivity contribution >= 4 is 22.3 Å². The van der Waals surface area contributed by atoms with Crippen LogP contribution in [-0.2, 0) is 6.54 Å². The molecule has 0 aliphatic carbocycles. The van der Waals surface area contributed by atoms with E-state index in [4.69, 9.17) is 0 Å². The molecule has 1 aliphatic heterocycles. The Bertz CT molecular complexity index is 1470. The molecule has 1 aromatic carbocycles. The van der Waals surface area contributed by atoms with Crippen LogP contribution in [0, 0.1) is 29.6 Å². The third-order valence-corrected chi connectivity index (χ3v) is 6.70. The fraction of sp³-hybridized carbons (Fsp3) is 0.259. The van der Waals surface area contributed by atoms with Gasteiger partial charge < -0.3 is 15.2 Å². The summed E-state index contributed by atoms with van der Waals surface area (Å²) in [6, 6.07) is 12.5. The quantitative estimate of drug-likeness (QED) is 0.458. The Labute approximate surface area is 204 Å². The molecule has 0 radical (unpaired) electrons. The molecule has 8 heteroatoms. The summed E-state index contributed by atoms with van der Waals surface area (Å²) in [5, 5.41) is 24.3. The molecule has 1 fully saturated rings. The van der Waals surface area contributed by atoms with Gasteiger partial charge in [0.2, 0.25) is 0 Å². The Balaban J connectivity index is 1.50. The highest BCUT2D eigenvalue weighted by Crippen LogP contribution is 2.35. The molecule has 5 rings (SSSR count). The molecule has 1 aliphatic rings. The number of nitrogens with zero attached hydrogens (tertiary/aromatic N) is 6. The fourth-order valence-electron chi connectivity index (χ4n) is 4.53. The van der Waals surface area contributed by atoms with E-state index in [1.54, 1.807) is 18.6 Å². The van der Waals surface area contributed by atoms with E-state index in [1.165, 1.54) is 0 Å². The fourth-order valence-corrected chi connectivity index (χ4v) is 4.53. The highest BCUT2D eigenvalue weighted by molar-refractivity contribution is 5.91. The van der Waals surface area contributed by atoms with Gasteiger partial charge in [0, 0.05) is 85.2 Å². The molecule has 35 heavy (non-hydrogen) atoms. The number of nitriles is 2. The molecule has 2 N–H and O–H groups in total. The predicted molar refractivity (Wildman–Crippen MR) is 136 cm³/mol. The maximum Gasteiger partial charge on any atom is 0.103 e. The number of H-pyrrole nitrogens is 1. The zero-order valence-electron chi connectivity index (χ0n) is 19.8. The van der Waals surface area contributed by atoms with Crippen LogP contribution in [0.4, 0.5) is 11.4 Å². The largest absolute Gasteiger partial charge is 0.361 e. The Kier molecular flexibility index (Phi) is 6.15. The van der Waals surface area contributed by atoms with Gasteiger partial charge in [-0.3, -0.25) is 14.9 Å². The van der Waals surface area contributed by atoms with E-state index in [9.17, 15) is 10.5 Å². The van der Waals surface area contributed by atoms with Crippen molar-refractivity contribution in [2.24, 2.45) is 0 Å². The van der Waals surface area contributed by atoms with Crippen LogP contribution in [0.2, 0.25) is 0 Å². The average Bonchev–Trinajstić information content (AvgIpc) is 3.37. The summed E-state index contributed by atoms with van der Waals surface area (Å²) in [5.74, 6) is 0. The lowest BCUT2D eigenvalue weighted by Crippen LogP contribution is -2.44. The summed E-state index contributed by atoms with van der Waals surface area (Å²) in [7, 11) is 2.12. The molecule has 8 nitrogen and oxygen atoms in total. The van der Waals surface area contributed by atoms with Crippen molar-refractivity contribution in [1.82, 2.24) is 24.8 Å². The molecule has 0 unspecified atom stereocenters. The van der Waals surface area contributed by atoms with E-state index in [0.717, 1.165) is 65.2 Å². The van der Waals surface area contributed by atoms with E-state index < -0.39 is 0 Å².